The van der Waals surface area contributed by atoms with Crippen molar-refractivity contribution in [2.24, 2.45) is 0 Å². The fourth-order valence-electron chi connectivity index (χ4n) is 4.46. The van der Waals surface area contributed by atoms with E-state index in [2.05, 4.69) is 19.9 Å². The first-order chi connectivity index (χ1) is 14.5. The molecule has 4 heterocycles. The maximum atomic E-state index is 15.0. The van der Waals surface area contributed by atoms with Crippen LogP contribution in [-0.4, -0.2) is 66.5 Å². The molecule has 2 aromatic heterocycles. The molecule has 0 bridgehead atoms. The zero-order valence-corrected chi connectivity index (χ0v) is 17.8. The number of piperidine rings is 1. The summed E-state index contributed by atoms with van der Waals surface area (Å²) in [5.41, 5.74) is -0.395. The molecule has 1 aliphatic carbocycles. The van der Waals surface area contributed by atoms with Crippen LogP contribution in [0.5, 0.6) is 0 Å². The lowest BCUT2D eigenvalue weighted by Gasteiger charge is -2.47. The summed E-state index contributed by atoms with van der Waals surface area (Å²) in [6, 6.07) is 0. The predicted molar refractivity (Wildman–Crippen MR) is 111 cm³/mol. The number of rotatable bonds is 4. The van der Waals surface area contributed by atoms with Crippen molar-refractivity contribution in [3.05, 3.63) is 29.4 Å². The SMILES string of the molecule is O=[S@@]1CN(C2(CO)CCC2)c2nc(N3CCC(c4ncc(Cl)cn4)C(F)C3)ncc21. The number of halogens is 2. The zero-order valence-electron chi connectivity index (χ0n) is 16.2. The minimum Gasteiger partial charge on any atom is -0.394 e. The van der Waals surface area contributed by atoms with Gasteiger partial charge in [-0.15, -0.1) is 0 Å². The van der Waals surface area contributed by atoms with Crippen LogP contribution in [0.2, 0.25) is 5.02 Å². The van der Waals surface area contributed by atoms with Crippen molar-refractivity contribution >= 4 is 34.2 Å². The Hall–Kier alpha value is -1.91. The Labute approximate surface area is 181 Å². The summed E-state index contributed by atoms with van der Waals surface area (Å²) in [5.74, 6) is 1.40. The van der Waals surface area contributed by atoms with Crippen LogP contribution in [0.4, 0.5) is 16.2 Å². The van der Waals surface area contributed by atoms with Gasteiger partial charge in [-0.2, -0.15) is 4.98 Å². The molecule has 2 unspecified atom stereocenters. The number of hydrogen-bond donors (Lipinski definition) is 1. The van der Waals surface area contributed by atoms with Gasteiger partial charge in [0.15, 0.2) is 5.82 Å². The lowest BCUT2D eigenvalue weighted by Crippen LogP contribution is -2.56. The Morgan fingerprint density at radius 1 is 1.27 bits per heavy atom. The fraction of sp³-hybridized carbons (Fsp3) is 0.579. The average Bonchev–Trinajstić information content (AvgIpc) is 3.05. The fourth-order valence-corrected chi connectivity index (χ4v) is 5.86. The van der Waals surface area contributed by atoms with E-state index < -0.39 is 28.4 Å². The van der Waals surface area contributed by atoms with Crippen LogP contribution in [0.25, 0.3) is 0 Å². The van der Waals surface area contributed by atoms with Crippen LogP contribution in [0.3, 0.4) is 0 Å². The van der Waals surface area contributed by atoms with Gasteiger partial charge in [-0.3, -0.25) is 4.21 Å². The number of aromatic nitrogens is 4. The highest BCUT2D eigenvalue weighted by molar-refractivity contribution is 7.85. The van der Waals surface area contributed by atoms with Gasteiger partial charge >= 0.3 is 0 Å². The van der Waals surface area contributed by atoms with E-state index in [1.807, 2.05) is 9.80 Å². The molecule has 1 N–H and O–H groups in total. The molecule has 160 valence electrons. The standard InChI is InChI=1S/C19H22ClFN6O2S/c20-12-6-22-16(23-7-12)13-2-5-26(9-14(13)21)18-24-8-15-17(25-18)27(11-30(15)29)19(10-28)3-1-4-19/h6-8,13-14,28H,1-5,9-11H2/t13?,14?,30-/m1/s1. The van der Waals surface area contributed by atoms with E-state index in [0.29, 0.717) is 46.4 Å². The lowest BCUT2D eigenvalue weighted by atomic mass is 9.76. The van der Waals surface area contributed by atoms with E-state index in [1.54, 1.807) is 6.20 Å². The van der Waals surface area contributed by atoms with E-state index >= 15 is 0 Å². The Bertz CT molecular complexity index is 970. The molecule has 3 aliphatic rings. The van der Waals surface area contributed by atoms with Crippen LogP contribution < -0.4 is 9.80 Å². The van der Waals surface area contributed by atoms with Crippen LogP contribution in [-0.2, 0) is 10.8 Å². The van der Waals surface area contributed by atoms with Gasteiger partial charge in [-0.25, -0.2) is 19.3 Å². The van der Waals surface area contributed by atoms with Gasteiger partial charge < -0.3 is 14.9 Å². The number of anilines is 2. The molecular formula is C19H22ClFN6O2S. The van der Waals surface area contributed by atoms with E-state index in [1.165, 1.54) is 12.4 Å². The molecule has 2 fully saturated rings. The highest BCUT2D eigenvalue weighted by Crippen LogP contribution is 2.44. The molecule has 8 nitrogen and oxygen atoms in total. The summed E-state index contributed by atoms with van der Waals surface area (Å²) in [5, 5.41) is 10.4. The molecule has 2 aliphatic heterocycles. The topological polar surface area (TPSA) is 95.3 Å². The van der Waals surface area contributed by atoms with Crippen molar-refractivity contribution in [1.82, 2.24) is 19.9 Å². The third kappa shape index (κ3) is 3.25. The van der Waals surface area contributed by atoms with Gasteiger partial charge in [0.05, 0.1) is 46.6 Å². The predicted octanol–water partition coefficient (Wildman–Crippen LogP) is 2.05. The number of nitrogens with zero attached hydrogens (tertiary/aromatic N) is 6. The molecule has 11 heteroatoms. The largest absolute Gasteiger partial charge is 0.394 e. The Balaban J connectivity index is 1.37. The van der Waals surface area contributed by atoms with E-state index in [9.17, 15) is 13.7 Å². The smallest absolute Gasteiger partial charge is 0.227 e. The Morgan fingerprint density at radius 3 is 2.67 bits per heavy atom. The first-order valence-corrected chi connectivity index (χ1v) is 11.7. The molecule has 30 heavy (non-hydrogen) atoms. The van der Waals surface area contributed by atoms with Gasteiger partial charge in [0.2, 0.25) is 5.95 Å². The summed E-state index contributed by atoms with van der Waals surface area (Å²) < 4.78 is 27.5. The molecular weight excluding hydrogens is 431 g/mol. The van der Waals surface area contributed by atoms with Crippen molar-refractivity contribution in [3.63, 3.8) is 0 Å². The maximum Gasteiger partial charge on any atom is 0.227 e. The molecule has 3 atom stereocenters. The Kier molecular flexibility index (Phi) is 5.11. The number of alkyl halides is 1. The van der Waals surface area contributed by atoms with Gasteiger partial charge in [-0.1, -0.05) is 11.6 Å². The van der Waals surface area contributed by atoms with Crippen LogP contribution >= 0.6 is 11.6 Å². The molecule has 0 amide bonds. The number of hydrogen-bond acceptors (Lipinski definition) is 8. The van der Waals surface area contributed by atoms with E-state index in [0.717, 1.165) is 19.3 Å². The average molecular weight is 453 g/mol. The monoisotopic (exact) mass is 452 g/mol. The normalized spacial score (nSPS) is 27.6. The first-order valence-electron chi connectivity index (χ1n) is 10.0. The number of fused-ring (bicyclic) bond motifs is 1. The van der Waals surface area contributed by atoms with E-state index in [-0.39, 0.29) is 13.2 Å². The zero-order chi connectivity index (χ0) is 20.9. The maximum absolute atomic E-state index is 15.0. The van der Waals surface area contributed by atoms with Crippen molar-refractivity contribution in [1.29, 1.82) is 0 Å². The molecule has 2 aromatic rings. The van der Waals surface area contributed by atoms with Crippen LogP contribution in [0.1, 0.15) is 37.4 Å². The minimum absolute atomic E-state index is 0.00200. The summed E-state index contributed by atoms with van der Waals surface area (Å²) in [4.78, 5) is 21.7. The third-order valence-electron chi connectivity index (χ3n) is 6.42. The number of aliphatic hydroxyl groups is 1. The minimum atomic E-state index is -1.23. The quantitative estimate of drug-likeness (QED) is 0.753. The highest BCUT2D eigenvalue weighted by Gasteiger charge is 2.47. The van der Waals surface area contributed by atoms with Crippen molar-refractivity contribution in [3.8, 4) is 0 Å². The summed E-state index contributed by atoms with van der Waals surface area (Å²) >= 11 is 5.83. The van der Waals surface area contributed by atoms with Gasteiger partial charge in [-0.05, 0) is 25.7 Å². The summed E-state index contributed by atoms with van der Waals surface area (Å²) in [6.07, 6.45) is 6.63. The summed E-state index contributed by atoms with van der Waals surface area (Å²) in [6.45, 7) is 0.690. The van der Waals surface area contributed by atoms with Crippen LogP contribution in [0.15, 0.2) is 23.5 Å². The molecule has 5 rings (SSSR count). The molecule has 1 saturated carbocycles. The lowest BCUT2D eigenvalue weighted by molar-refractivity contribution is 0.119. The van der Waals surface area contributed by atoms with Crippen molar-refractivity contribution in [2.45, 2.75) is 48.2 Å². The van der Waals surface area contributed by atoms with Gasteiger partial charge in [0.25, 0.3) is 0 Å². The molecule has 0 radical (unpaired) electrons. The van der Waals surface area contributed by atoms with Gasteiger partial charge in [0, 0.05) is 18.9 Å². The third-order valence-corrected chi connectivity index (χ3v) is 7.88. The highest BCUT2D eigenvalue weighted by atomic mass is 35.5. The number of aliphatic hydroxyl groups excluding tert-OH is 1. The molecule has 0 aromatic carbocycles. The van der Waals surface area contributed by atoms with Crippen LogP contribution in [0, 0.1) is 0 Å². The second kappa shape index (κ2) is 7.65. The summed E-state index contributed by atoms with van der Waals surface area (Å²) in [7, 11) is -1.23. The Morgan fingerprint density at radius 2 is 2.03 bits per heavy atom. The van der Waals surface area contributed by atoms with Crippen molar-refractivity contribution in [2.75, 3.05) is 35.4 Å². The van der Waals surface area contributed by atoms with E-state index in [4.69, 9.17) is 11.6 Å². The molecule has 0 spiro atoms. The van der Waals surface area contributed by atoms with Gasteiger partial charge in [0.1, 0.15) is 22.8 Å². The molecule has 1 saturated heterocycles. The second-order valence-electron chi connectivity index (χ2n) is 8.11. The second-order valence-corrected chi connectivity index (χ2v) is 9.94. The van der Waals surface area contributed by atoms with Crippen molar-refractivity contribution < 1.29 is 13.7 Å². The first kappa shape index (κ1) is 20.0.